The van der Waals surface area contributed by atoms with Crippen molar-refractivity contribution in [2.24, 2.45) is 0 Å². The zero-order valence-corrected chi connectivity index (χ0v) is 12.2. The van der Waals surface area contributed by atoms with Gasteiger partial charge in [0.2, 0.25) is 0 Å². The highest BCUT2D eigenvalue weighted by Gasteiger charge is 2.22. The molecule has 1 N–H and O–H groups in total. The first kappa shape index (κ1) is 12.6. The Kier molecular flexibility index (Phi) is 4.41. The van der Waals surface area contributed by atoms with Crippen molar-refractivity contribution in [3.63, 3.8) is 0 Å². The molecular formula is C12H18BrNOS. The molecule has 16 heavy (non-hydrogen) atoms. The minimum Gasteiger partial charge on any atom is -0.378 e. The van der Waals surface area contributed by atoms with E-state index in [0.29, 0.717) is 12.1 Å². The molecule has 0 saturated carbocycles. The molecule has 2 heterocycles. The average molecular weight is 304 g/mol. The van der Waals surface area contributed by atoms with Crippen LogP contribution >= 0.6 is 27.3 Å². The third-order valence-electron chi connectivity index (χ3n) is 3.09. The molecule has 90 valence electrons. The number of nitrogens with one attached hydrogen (secondary N) is 1. The van der Waals surface area contributed by atoms with Crippen molar-refractivity contribution in [3.8, 4) is 0 Å². The maximum Gasteiger partial charge on any atom is 0.0594 e. The largest absolute Gasteiger partial charge is 0.378 e. The van der Waals surface area contributed by atoms with Crippen LogP contribution < -0.4 is 5.32 Å². The molecule has 2 rings (SSSR count). The zero-order valence-electron chi connectivity index (χ0n) is 9.75. The summed E-state index contributed by atoms with van der Waals surface area (Å²) in [4.78, 5) is 2.75. The van der Waals surface area contributed by atoms with E-state index in [1.165, 1.54) is 27.1 Å². The molecule has 1 aromatic heterocycles. The SMILES string of the molecule is CNC(CC1CCCO1)c1cc(Br)c(C)s1. The molecule has 0 radical (unpaired) electrons. The molecule has 1 aliphatic rings. The molecule has 2 unspecified atom stereocenters. The predicted octanol–water partition coefficient (Wildman–Crippen LogP) is 3.65. The Morgan fingerprint density at radius 3 is 3.00 bits per heavy atom. The normalized spacial score (nSPS) is 22.6. The number of aryl methyl sites for hydroxylation is 1. The Balaban J connectivity index is 2.03. The summed E-state index contributed by atoms with van der Waals surface area (Å²) in [5.74, 6) is 0. The summed E-state index contributed by atoms with van der Waals surface area (Å²) in [6.07, 6.45) is 3.96. The van der Waals surface area contributed by atoms with Crippen LogP contribution in [0.15, 0.2) is 10.5 Å². The summed E-state index contributed by atoms with van der Waals surface area (Å²) in [5.41, 5.74) is 0. The second kappa shape index (κ2) is 5.63. The van der Waals surface area contributed by atoms with Crippen molar-refractivity contribution in [2.45, 2.75) is 38.3 Å². The molecule has 2 nitrogen and oxygen atoms in total. The highest BCUT2D eigenvalue weighted by Crippen LogP contribution is 2.33. The standard InChI is InChI=1S/C12H18BrNOS/c1-8-10(13)7-12(16-8)11(14-2)6-9-4-3-5-15-9/h7,9,11,14H,3-6H2,1-2H3. The third-order valence-corrected chi connectivity index (χ3v) is 5.34. The van der Waals surface area contributed by atoms with Crippen LogP contribution in [0.4, 0.5) is 0 Å². The van der Waals surface area contributed by atoms with E-state index < -0.39 is 0 Å². The molecule has 0 bridgehead atoms. The van der Waals surface area contributed by atoms with Crippen molar-refractivity contribution in [1.29, 1.82) is 0 Å². The first-order valence-corrected chi connectivity index (χ1v) is 7.36. The Morgan fingerprint density at radius 1 is 1.69 bits per heavy atom. The molecule has 1 aromatic rings. The van der Waals surface area contributed by atoms with Gasteiger partial charge in [-0.3, -0.25) is 0 Å². The van der Waals surface area contributed by atoms with Gasteiger partial charge in [-0.15, -0.1) is 11.3 Å². The molecule has 2 atom stereocenters. The van der Waals surface area contributed by atoms with Gasteiger partial charge in [-0.05, 0) is 55.2 Å². The number of halogens is 1. The second-order valence-electron chi connectivity index (χ2n) is 4.26. The molecule has 0 spiro atoms. The number of hydrogen-bond acceptors (Lipinski definition) is 3. The minimum absolute atomic E-state index is 0.429. The van der Waals surface area contributed by atoms with Crippen molar-refractivity contribution < 1.29 is 4.74 Å². The zero-order chi connectivity index (χ0) is 11.5. The fourth-order valence-corrected chi connectivity index (χ4v) is 3.81. The third kappa shape index (κ3) is 2.86. The predicted molar refractivity (Wildman–Crippen MR) is 72.1 cm³/mol. The maximum atomic E-state index is 5.70. The maximum absolute atomic E-state index is 5.70. The lowest BCUT2D eigenvalue weighted by atomic mass is 10.1. The van der Waals surface area contributed by atoms with E-state index in [0.717, 1.165) is 13.0 Å². The van der Waals surface area contributed by atoms with Crippen molar-refractivity contribution in [1.82, 2.24) is 5.32 Å². The molecule has 1 saturated heterocycles. The summed E-state index contributed by atoms with van der Waals surface area (Å²) in [7, 11) is 2.03. The number of hydrogen-bond donors (Lipinski definition) is 1. The number of ether oxygens (including phenoxy) is 1. The number of rotatable bonds is 4. The molecule has 0 amide bonds. The molecule has 0 aromatic carbocycles. The fourth-order valence-electron chi connectivity index (χ4n) is 2.12. The lowest BCUT2D eigenvalue weighted by molar-refractivity contribution is 0.0957. The fraction of sp³-hybridized carbons (Fsp3) is 0.667. The van der Waals surface area contributed by atoms with E-state index in [1.54, 1.807) is 0 Å². The van der Waals surface area contributed by atoms with Crippen molar-refractivity contribution in [2.75, 3.05) is 13.7 Å². The highest BCUT2D eigenvalue weighted by molar-refractivity contribution is 9.10. The second-order valence-corrected chi connectivity index (χ2v) is 6.41. The Bertz CT molecular complexity index is 327. The van der Waals surface area contributed by atoms with Crippen LogP contribution in [-0.4, -0.2) is 19.8 Å². The Labute approximate surface area is 110 Å². The average Bonchev–Trinajstić information content (AvgIpc) is 2.86. The van der Waals surface area contributed by atoms with Gasteiger partial charge in [0.1, 0.15) is 0 Å². The first-order valence-electron chi connectivity index (χ1n) is 5.75. The van der Waals surface area contributed by atoms with Gasteiger partial charge in [-0.25, -0.2) is 0 Å². The summed E-state index contributed by atoms with van der Waals surface area (Å²) < 4.78 is 6.92. The Morgan fingerprint density at radius 2 is 2.50 bits per heavy atom. The summed E-state index contributed by atoms with van der Waals surface area (Å²) >= 11 is 5.44. The molecule has 1 aliphatic heterocycles. The summed E-state index contributed by atoms with van der Waals surface area (Å²) in [6, 6.07) is 2.66. The summed E-state index contributed by atoms with van der Waals surface area (Å²) in [6.45, 7) is 3.09. The quantitative estimate of drug-likeness (QED) is 0.917. The van der Waals surface area contributed by atoms with Gasteiger partial charge in [-0.1, -0.05) is 0 Å². The Hall–Kier alpha value is 0.1000. The lowest BCUT2D eigenvalue weighted by Crippen LogP contribution is -2.21. The highest BCUT2D eigenvalue weighted by atomic mass is 79.9. The van der Waals surface area contributed by atoms with E-state index >= 15 is 0 Å². The topological polar surface area (TPSA) is 21.3 Å². The minimum atomic E-state index is 0.429. The van der Waals surface area contributed by atoms with Crippen LogP contribution in [0.5, 0.6) is 0 Å². The van der Waals surface area contributed by atoms with Crippen LogP contribution in [0.25, 0.3) is 0 Å². The van der Waals surface area contributed by atoms with Gasteiger partial charge in [0.15, 0.2) is 0 Å². The smallest absolute Gasteiger partial charge is 0.0594 e. The van der Waals surface area contributed by atoms with Gasteiger partial charge >= 0.3 is 0 Å². The molecule has 4 heteroatoms. The van der Waals surface area contributed by atoms with E-state index in [9.17, 15) is 0 Å². The van der Waals surface area contributed by atoms with Gasteiger partial charge in [0, 0.05) is 26.9 Å². The molecule has 0 aliphatic carbocycles. The van der Waals surface area contributed by atoms with Crippen LogP contribution in [-0.2, 0) is 4.74 Å². The van der Waals surface area contributed by atoms with Gasteiger partial charge in [-0.2, -0.15) is 0 Å². The van der Waals surface area contributed by atoms with E-state index in [1.807, 2.05) is 18.4 Å². The number of thiophene rings is 1. The van der Waals surface area contributed by atoms with E-state index in [4.69, 9.17) is 4.74 Å². The van der Waals surface area contributed by atoms with E-state index in [2.05, 4.69) is 34.2 Å². The van der Waals surface area contributed by atoms with Gasteiger partial charge in [0.25, 0.3) is 0 Å². The van der Waals surface area contributed by atoms with E-state index in [-0.39, 0.29) is 0 Å². The van der Waals surface area contributed by atoms with Crippen LogP contribution in [0.2, 0.25) is 0 Å². The van der Waals surface area contributed by atoms with Crippen molar-refractivity contribution >= 4 is 27.3 Å². The lowest BCUT2D eigenvalue weighted by Gasteiger charge is -2.18. The van der Waals surface area contributed by atoms with Gasteiger partial charge in [0.05, 0.1) is 6.10 Å². The van der Waals surface area contributed by atoms with Crippen LogP contribution in [0.3, 0.4) is 0 Å². The van der Waals surface area contributed by atoms with Crippen LogP contribution in [0.1, 0.15) is 35.1 Å². The monoisotopic (exact) mass is 303 g/mol. The van der Waals surface area contributed by atoms with Crippen molar-refractivity contribution in [3.05, 3.63) is 20.3 Å². The summed E-state index contributed by atoms with van der Waals surface area (Å²) in [5, 5.41) is 3.40. The van der Waals surface area contributed by atoms with Gasteiger partial charge < -0.3 is 10.1 Å². The van der Waals surface area contributed by atoms with Crippen LogP contribution in [0, 0.1) is 6.92 Å². The molecule has 1 fully saturated rings. The first-order chi connectivity index (χ1) is 7.70. The molecular weight excluding hydrogens is 286 g/mol.